The first-order valence-electron chi connectivity index (χ1n) is 7.36. The maximum absolute atomic E-state index is 12.4. The number of hydrogen-bond acceptors (Lipinski definition) is 5. The Morgan fingerprint density at radius 1 is 1.33 bits per heavy atom. The lowest BCUT2D eigenvalue weighted by molar-refractivity contribution is -0.133. The van der Waals surface area contributed by atoms with E-state index in [0.29, 0.717) is 19.4 Å². The fourth-order valence-electron chi connectivity index (χ4n) is 3.21. The molecule has 0 aliphatic carbocycles. The summed E-state index contributed by atoms with van der Waals surface area (Å²) in [4.78, 5) is 18.2. The highest BCUT2D eigenvalue weighted by Crippen LogP contribution is 2.25. The molecule has 116 valence electrons. The van der Waals surface area contributed by atoms with Gasteiger partial charge in [0.05, 0.1) is 17.5 Å². The van der Waals surface area contributed by atoms with Gasteiger partial charge in [0.25, 0.3) is 0 Å². The lowest BCUT2D eigenvalue weighted by atomic mass is 10.0. The number of amides is 1. The van der Waals surface area contributed by atoms with E-state index in [1.165, 1.54) is 6.33 Å². The maximum atomic E-state index is 12.4. The minimum Gasteiger partial charge on any atom is -0.341 e. The van der Waals surface area contributed by atoms with E-state index in [2.05, 4.69) is 10.1 Å². The number of carbonyl (C=O) groups is 1. The quantitative estimate of drug-likeness (QED) is 0.799. The van der Waals surface area contributed by atoms with Gasteiger partial charge in [-0.15, -0.1) is 0 Å². The Balaban J connectivity index is 1.57. The van der Waals surface area contributed by atoms with Crippen molar-refractivity contribution in [2.24, 2.45) is 5.92 Å². The van der Waals surface area contributed by atoms with Crippen molar-refractivity contribution in [3.8, 4) is 0 Å². The zero-order valence-electron chi connectivity index (χ0n) is 11.9. The van der Waals surface area contributed by atoms with Crippen molar-refractivity contribution in [1.29, 1.82) is 0 Å². The second-order valence-electron chi connectivity index (χ2n) is 5.98. The van der Waals surface area contributed by atoms with Gasteiger partial charge in [-0.1, -0.05) is 0 Å². The highest BCUT2D eigenvalue weighted by molar-refractivity contribution is 7.91. The van der Waals surface area contributed by atoms with Gasteiger partial charge < -0.3 is 4.90 Å². The molecule has 0 spiro atoms. The first kappa shape index (κ1) is 14.5. The predicted molar refractivity (Wildman–Crippen MR) is 76.3 cm³/mol. The second kappa shape index (κ2) is 5.75. The fourth-order valence-corrected chi connectivity index (χ4v) is 5.07. The third-order valence-electron chi connectivity index (χ3n) is 4.35. The van der Waals surface area contributed by atoms with Crippen molar-refractivity contribution >= 4 is 15.7 Å². The normalized spacial score (nSPS) is 28.7. The van der Waals surface area contributed by atoms with Gasteiger partial charge in [-0.3, -0.25) is 4.79 Å². The van der Waals surface area contributed by atoms with Gasteiger partial charge >= 0.3 is 0 Å². The van der Waals surface area contributed by atoms with Crippen LogP contribution in [0.4, 0.5) is 0 Å². The molecule has 21 heavy (non-hydrogen) atoms. The Hall–Kier alpha value is -1.44. The first-order chi connectivity index (χ1) is 10.0. The number of carbonyl (C=O) groups excluding carboxylic acids is 1. The summed E-state index contributed by atoms with van der Waals surface area (Å²) in [5.74, 6) is 0.460. The minimum atomic E-state index is -2.91. The van der Waals surface area contributed by atoms with Crippen LogP contribution in [0.2, 0.25) is 0 Å². The number of rotatable bonds is 3. The molecule has 0 saturated carbocycles. The van der Waals surface area contributed by atoms with E-state index in [1.807, 2.05) is 4.90 Å². The highest BCUT2D eigenvalue weighted by Gasteiger charge is 2.32. The Kier molecular flexibility index (Phi) is 3.97. The lowest BCUT2D eigenvalue weighted by Gasteiger charge is -2.33. The molecule has 1 aromatic rings. The Bertz CT molecular complexity index is 599. The summed E-state index contributed by atoms with van der Waals surface area (Å²) in [6.45, 7) is 1.39. The van der Waals surface area contributed by atoms with E-state index < -0.39 is 9.84 Å². The Morgan fingerprint density at radius 2 is 2.19 bits per heavy atom. The second-order valence-corrected chi connectivity index (χ2v) is 8.21. The van der Waals surface area contributed by atoms with Crippen LogP contribution in [-0.2, 0) is 14.6 Å². The molecule has 0 unspecified atom stereocenters. The van der Waals surface area contributed by atoms with Gasteiger partial charge in [-0.05, 0) is 25.2 Å². The number of piperidine rings is 1. The van der Waals surface area contributed by atoms with Crippen LogP contribution in [0.5, 0.6) is 0 Å². The summed E-state index contributed by atoms with van der Waals surface area (Å²) in [5.41, 5.74) is 0. The lowest BCUT2D eigenvalue weighted by Crippen LogP contribution is -2.41. The molecular formula is C13H20N4O3S. The minimum absolute atomic E-state index is 0.00533. The zero-order chi connectivity index (χ0) is 14.9. The molecule has 2 aliphatic rings. The number of hydrogen-bond donors (Lipinski definition) is 0. The molecule has 0 aromatic carbocycles. The van der Waals surface area contributed by atoms with Gasteiger partial charge in [0.1, 0.15) is 12.7 Å². The summed E-state index contributed by atoms with van der Waals surface area (Å²) >= 11 is 0. The van der Waals surface area contributed by atoms with Gasteiger partial charge in [-0.25, -0.2) is 18.1 Å². The average molecular weight is 312 g/mol. The summed E-state index contributed by atoms with van der Waals surface area (Å²) in [6.07, 6.45) is 6.09. The molecule has 3 rings (SSSR count). The van der Waals surface area contributed by atoms with E-state index >= 15 is 0 Å². The Morgan fingerprint density at radius 3 is 2.86 bits per heavy atom. The van der Waals surface area contributed by atoms with Crippen molar-refractivity contribution in [3.63, 3.8) is 0 Å². The van der Waals surface area contributed by atoms with Crippen LogP contribution in [-0.4, -0.2) is 58.6 Å². The largest absolute Gasteiger partial charge is 0.341 e. The molecule has 8 heteroatoms. The van der Waals surface area contributed by atoms with Crippen LogP contribution in [0.1, 0.15) is 31.7 Å². The molecule has 7 nitrogen and oxygen atoms in total. The van der Waals surface area contributed by atoms with Crippen LogP contribution in [0, 0.1) is 5.92 Å². The number of likely N-dealkylation sites (tertiary alicyclic amines) is 1. The third kappa shape index (κ3) is 3.42. The number of aromatic nitrogens is 3. The van der Waals surface area contributed by atoms with Crippen LogP contribution in [0.3, 0.4) is 0 Å². The van der Waals surface area contributed by atoms with Crippen molar-refractivity contribution in [2.45, 2.75) is 31.7 Å². The first-order valence-corrected chi connectivity index (χ1v) is 9.18. The molecule has 2 fully saturated rings. The average Bonchev–Trinajstić information content (AvgIpc) is 3.09. The van der Waals surface area contributed by atoms with E-state index in [0.717, 1.165) is 19.4 Å². The predicted octanol–water partition coefficient (Wildman–Crippen LogP) is 0.266. The Labute approximate surface area is 124 Å². The van der Waals surface area contributed by atoms with Crippen LogP contribution >= 0.6 is 0 Å². The van der Waals surface area contributed by atoms with Gasteiger partial charge in [-0.2, -0.15) is 5.10 Å². The van der Waals surface area contributed by atoms with Crippen LogP contribution < -0.4 is 0 Å². The maximum Gasteiger partial charge on any atom is 0.222 e. The fraction of sp³-hybridized carbons (Fsp3) is 0.769. The molecule has 2 atom stereocenters. The van der Waals surface area contributed by atoms with Crippen molar-refractivity contribution in [2.75, 3.05) is 24.6 Å². The number of nitrogens with zero attached hydrogens (tertiary/aromatic N) is 4. The molecule has 0 N–H and O–H groups in total. The molecule has 1 aromatic heterocycles. The summed E-state index contributed by atoms with van der Waals surface area (Å²) in [5, 5.41) is 4.14. The van der Waals surface area contributed by atoms with E-state index in [1.54, 1.807) is 11.0 Å². The van der Waals surface area contributed by atoms with Crippen molar-refractivity contribution in [3.05, 3.63) is 12.7 Å². The van der Waals surface area contributed by atoms with Crippen LogP contribution in [0.25, 0.3) is 0 Å². The van der Waals surface area contributed by atoms with Crippen molar-refractivity contribution < 1.29 is 13.2 Å². The topological polar surface area (TPSA) is 85.2 Å². The summed E-state index contributed by atoms with van der Waals surface area (Å²) in [6, 6.07) is 0.178. The third-order valence-corrected chi connectivity index (χ3v) is 6.19. The number of sulfone groups is 1. The monoisotopic (exact) mass is 312 g/mol. The molecule has 1 amide bonds. The van der Waals surface area contributed by atoms with E-state index in [-0.39, 0.29) is 29.4 Å². The molecule has 2 aliphatic heterocycles. The van der Waals surface area contributed by atoms with Gasteiger partial charge in [0.2, 0.25) is 5.91 Å². The molecule has 0 bridgehead atoms. The van der Waals surface area contributed by atoms with E-state index in [4.69, 9.17) is 0 Å². The molecular weight excluding hydrogens is 292 g/mol. The van der Waals surface area contributed by atoms with Crippen LogP contribution in [0.15, 0.2) is 12.7 Å². The van der Waals surface area contributed by atoms with Gasteiger partial charge in [0, 0.05) is 19.5 Å². The molecule has 2 saturated heterocycles. The SMILES string of the molecule is O=C(C[C@H]1CCS(=O)(=O)C1)N1CCC[C@@H](n2cncn2)C1. The molecule has 0 radical (unpaired) electrons. The molecule has 3 heterocycles. The highest BCUT2D eigenvalue weighted by atomic mass is 32.2. The van der Waals surface area contributed by atoms with Crippen molar-refractivity contribution in [1.82, 2.24) is 19.7 Å². The summed E-state index contributed by atoms with van der Waals surface area (Å²) in [7, 11) is -2.91. The zero-order valence-corrected chi connectivity index (χ0v) is 12.7. The standard InChI is InChI=1S/C13H20N4O3S/c18-13(6-11-3-5-21(19,20)8-11)16-4-1-2-12(7-16)17-10-14-9-15-17/h9-12H,1-8H2/t11-,12-/m1/s1. The summed E-state index contributed by atoms with van der Waals surface area (Å²) < 4.78 is 24.7. The van der Waals surface area contributed by atoms with E-state index in [9.17, 15) is 13.2 Å². The van der Waals surface area contributed by atoms with Gasteiger partial charge in [0.15, 0.2) is 9.84 Å². The smallest absolute Gasteiger partial charge is 0.222 e.